The maximum Gasteiger partial charge on any atom is 0.303 e. The molecular weight excluding hydrogens is 873 g/mol. The molecule has 5 N–H and O–H groups in total. The van der Waals surface area contributed by atoms with E-state index in [1.807, 2.05) is 98.4 Å². The zero-order valence-electron chi connectivity index (χ0n) is 43.6. The minimum absolute atomic E-state index is 0.0203. The van der Waals surface area contributed by atoms with Gasteiger partial charge in [0.1, 0.15) is 6.04 Å². The quantitative estimate of drug-likeness (QED) is 0.0443. The molecule has 0 aliphatic carbocycles. The first-order valence-electron chi connectivity index (χ1n) is 25.6. The van der Waals surface area contributed by atoms with Gasteiger partial charge >= 0.3 is 5.97 Å². The number of likely N-dealkylation sites (N-methyl/N-ethyl adjacent to an activating group) is 1. The molecule has 2 heterocycles. The number of carbonyl (C=O) groups is 5. The summed E-state index contributed by atoms with van der Waals surface area (Å²) in [7, 11) is 5.18. The Kier molecular flexibility index (Phi) is 23.2. The summed E-state index contributed by atoms with van der Waals surface area (Å²) in [5, 5.41) is 19.6. The second kappa shape index (κ2) is 28.2. The van der Waals surface area contributed by atoms with E-state index in [4.69, 9.17) is 14.6 Å². The van der Waals surface area contributed by atoms with Crippen LogP contribution in [0, 0.1) is 35.5 Å². The monoisotopic (exact) mass is 959 g/mol. The number of aromatic amines is 1. The Labute approximate surface area is 412 Å². The Morgan fingerprint density at radius 1 is 0.870 bits per heavy atom. The zero-order chi connectivity index (χ0) is 50.8. The molecule has 69 heavy (non-hydrogen) atoms. The van der Waals surface area contributed by atoms with Gasteiger partial charge in [0, 0.05) is 63.3 Å². The van der Waals surface area contributed by atoms with Crippen molar-refractivity contribution in [2.24, 2.45) is 35.5 Å². The number of amides is 4. The van der Waals surface area contributed by atoms with Crippen LogP contribution >= 0.6 is 0 Å². The molecule has 1 unspecified atom stereocenters. The highest BCUT2D eigenvalue weighted by molar-refractivity contribution is 5.90. The fourth-order valence-electron chi connectivity index (χ4n) is 10.5. The highest BCUT2D eigenvalue weighted by atomic mass is 16.5. The molecule has 0 saturated carbocycles. The van der Waals surface area contributed by atoms with E-state index in [0.29, 0.717) is 44.3 Å². The van der Waals surface area contributed by atoms with Crippen LogP contribution < -0.4 is 16.0 Å². The maximum absolute atomic E-state index is 14.5. The molecule has 4 amide bonds. The molecule has 2 aromatic carbocycles. The summed E-state index contributed by atoms with van der Waals surface area (Å²) >= 11 is 0. The third kappa shape index (κ3) is 16.7. The molecule has 1 aromatic heterocycles. The van der Waals surface area contributed by atoms with Gasteiger partial charge in [-0.3, -0.25) is 28.9 Å². The van der Waals surface area contributed by atoms with Crippen molar-refractivity contribution >= 4 is 40.5 Å². The number of carboxylic acids is 1. The number of carboxylic acid groups (broad SMARTS) is 1. The average molecular weight is 959 g/mol. The summed E-state index contributed by atoms with van der Waals surface area (Å²) in [5.74, 6) is -1.18. The highest BCUT2D eigenvalue weighted by Crippen LogP contribution is 2.33. The Balaban J connectivity index is 1.41. The third-order valence-corrected chi connectivity index (χ3v) is 14.8. The van der Waals surface area contributed by atoms with Crippen molar-refractivity contribution in [1.29, 1.82) is 0 Å². The number of benzene rings is 2. The van der Waals surface area contributed by atoms with Gasteiger partial charge in [0.15, 0.2) is 0 Å². The summed E-state index contributed by atoms with van der Waals surface area (Å²) in [4.78, 5) is 74.6. The number of carbonyl (C=O) groups excluding carboxylic acids is 4. The second-order valence-corrected chi connectivity index (χ2v) is 20.6. The molecule has 4 rings (SSSR count). The van der Waals surface area contributed by atoms with E-state index in [1.54, 1.807) is 14.2 Å². The topological polar surface area (TPSA) is 182 Å². The molecular formula is C55H86N6O8. The van der Waals surface area contributed by atoms with E-state index < -0.39 is 24.0 Å². The Hall–Kier alpha value is -4.79. The summed E-state index contributed by atoms with van der Waals surface area (Å²) in [5.41, 5.74) is 2.82. The zero-order valence-corrected chi connectivity index (χ0v) is 43.6. The fourth-order valence-corrected chi connectivity index (χ4v) is 10.5. The SMILES string of the molecule is CC[C@H](C)[C@H](CCC(C)C[C@@H](NC(=O)[C@H](C(C)C)N(C)CCCC(=O)O)C(C)C)[C@@H](CC(=O)N1CCC[C@H]1[C@H](OC)[C@@H](C)C(=O)N[C@@H](Cc1c[nH]c2ccccc12)C(=O)NCc1ccccc1)OC. The van der Waals surface area contributed by atoms with E-state index in [2.05, 4.69) is 55.6 Å². The van der Waals surface area contributed by atoms with Crippen molar-refractivity contribution in [3.63, 3.8) is 0 Å². The molecule has 14 nitrogen and oxygen atoms in total. The summed E-state index contributed by atoms with van der Waals surface area (Å²) in [6, 6.07) is 16.0. The predicted octanol–water partition coefficient (Wildman–Crippen LogP) is 7.99. The number of nitrogens with one attached hydrogen (secondary N) is 4. The molecule has 0 bridgehead atoms. The third-order valence-electron chi connectivity index (χ3n) is 14.8. The molecule has 14 heteroatoms. The smallest absolute Gasteiger partial charge is 0.303 e. The standard InChI is InChI=1S/C55H86N6O8/c1-12-38(7)42(27-26-37(6)30-45(35(2)3)58-55(67)51(36(4)5)60(9)28-19-25-50(63)64)48(68-10)32-49(62)61-29-18-24-47(61)52(69-11)39(8)53(65)59-46(54(66)57-33-40-20-14-13-15-21-40)31-41-34-56-44-23-17-16-22-43(41)44/h13-17,20-23,34-39,42,45-48,51-52,56H,12,18-19,24-33H2,1-11H3,(H,57,66)(H,58,67)(H,59,65)(H,63,64)/t37?,38-,39+,42-,45+,46-,47-,48+,51-,52+/m0/s1. The number of ether oxygens (including phenoxy) is 2. The van der Waals surface area contributed by atoms with Crippen LogP contribution in [0.1, 0.15) is 124 Å². The van der Waals surface area contributed by atoms with Gasteiger partial charge in [-0.15, -0.1) is 0 Å². The second-order valence-electron chi connectivity index (χ2n) is 20.6. The van der Waals surface area contributed by atoms with Crippen LogP contribution in [0.4, 0.5) is 0 Å². The molecule has 1 aliphatic rings. The highest BCUT2D eigenvalue weighted by Gasteiger charge is 2.42. The van der Waals surface area contributed by atoms with Crippen molar-refractivity contribution in [1.82, 2.24) is 30.7 Å². The van der Waals surface area contributed by atoms with E-state index >= 15 is 0 Å². The number of H-pyrrole nitrogens is 1. The van der Waals surface area contributed by atoms with Gasteiger partial charge in [0.25, 0.3) is 0 Å². The minimum Gasteiger partial charge on any atom is -0.481 e. The van der Waals surface area contributed by atoms with Crippen molar-refractivity contribution in [2.75, 3.05) is 34.4 Å². The van der Waals surface area contributed by atoms with Crippen molar-refractivity contribution in [3.05, 3.63) is 71.9 Å². The number of nitrogens with zero attached hydrogens (tertiary/aromatic N) is 2. The predicted molar refractivity (Wildman–Crippen MR) is 273 cm³/mol. The number of methoxy groups -OCH3 is 2. The lowest BCUT2D eigenvalue weighted by Crippen LogP contribution is -2.54. The molecule has 0 radical (unpaired) electrons. The number of hydrogen-bond acceptors (Lipinski definition) is 8. The molecule has 384 valence electrons. The van der Waals surface area contributed by atoms with Gasteiger partial charge in [-0.2, -0.15) is 0 Å². The first-order chi connectivity index (χ1) is 32.9. The van der Waals surface area contributed by atoms with E-state index in [0.717, 1.165) is 54.1 Å². The van der Waals surface area contributed by atoms with Crippen molar-refractivity contribution < 1.29 is 38.6 Å². The van der Waals surface area contributed by atoms with Gasteiger partial charge in [0.05, 0.1) is 36.6 Å². The Morgan fingerprint density at radius 2 is 1.57 bits per heavy atom. The summed E-state index contributed by atoms with van der Waals surface area (Å²) in [6.45, 7) is 18.2. The first-order valence-corrected chi connectivity index (χ1v) is 25.6. The number of para-hydroxylation sites is 1. The number of hydrogen-bond donors (Lipinski definition) is 5. The molecule has 10 atom stereocenters. The van der Waals surface area contributed by atoms with Gasteiger partial charge in [-0.25, -0.2) is 0 Å². The fraction of sp³-hybridized carbons (Fsp3) is 0.655. The van der Waals surface area contributed by atoms with Crippen LogP contribution in [0.5, 0.6) is 0 Å². The molecule has 1 aliphatic heterocycles. The molecule has 1 fully saturated rings. The maximum atomic E-state index is 14.5. The van der Waals surface area contributed by atoms with Gasteiger partial charge < -0.3 is 40.4 Å². The van der Waals surface area contributed by atoms with Crippen molar-refractivity contribution in [2.45, 2.75) is 163 Å². The largest absolute Gasteiger partial charge is 0.481 e. The van der Waals surface area contributed by atoms with E-state index in [9.17, 15) is 24.0 Å². The lowest BCUT2D eigenvalue weighted by atomic mass is 9.79. The van der Waals surface area contributed by atoms with Gasteiger partial charge in [-0.05, 0) is 92.5 Å². The number of likely N-dealkylation sites (tertiary alicyclic amines) is 1. The van der Waals surface area contributed by atoms with Gasteiger partial charge in [-0.1, -0.05) is 117 Å². The first kappa shape index (κ1) is 56.8. The van der Waals surface area contributed by atoms with Crippen LogP contribution in [-0.4, -0.2) is 120 Å². The normalized spacial score (nSPS) is 18.1. The minimum atomic E-state index is -0.855. The van der Waals surface area contributed by atoms with Crippen LogP contribution in [0.25, 0.3) is 10.9 Å². The van der Waals surface area contributed by atoms with Crippen molar-refractivity contribution in [3.8, 4) is 0 Å². The van der Waals surface area contributed by atoms with Crippen LogP contribution in [-0.2, 0) is 46.4 Å². The average Bonchev–Trinajstić information content (AvgIpc) is 3.97. The molecule has 1 saturated heterocycles. The summed E-state index contributed by atoms with van der Waals surface area (Å²) < 4.78 is 12.3. The number of aromatic nitrogens is 1. The van der Waals surface area contributed by atoms with Crippen LogP contribution in [0.15, 0.2) is 60.8 Å². The van der Waals surface area contributed by atoms with E-state index in [1.165, 1.54) is 0 Å². The van der Waals surface area contributed by atoms with E-state index in [-0.39, 0.29) is 84.9 Å². The number of rotatable bonds is 30. The molecule has 3 aromatic rings. The Morgan fingerprint density at radius 3 is 2.20 bits per heavy atom. The summed E-state index contributed by atoms with van der Waals surface area (Å²) in [6.07, 6.45) is 7.00. The Bertz CT molecular complexity index is 2060. The van der Waals surface area contributed by atoms with Crippen LogP contribution in [0.2, 0.25) is 0 Å². The van der Waals surface area contributed by atoms with Crippen LogP contribution in [0.3, 0.4) is 0 Å². The molecule has 0 spiro atoms. The number of aliphatic carboxylic acids is 1. The lowest BCUT2D eigenvalue weighted by Gasteiger charge is -2.36. The lowest BCUT2D eigenvalue weighted by molar-refractivity contribution is -0.143. The van der Waals surface area contributed by atoms with Gasteiger partial charge in [0.2, 0.25) is 23.6 Å². The number of fused-ring (bicyclic) bond motifs is 1.